The summed E-state index contributed by atoms with van der Waals surface area (Å²) in [6.07, 6.45) is 25.7. The first-order chi connectivity index (χ1) is 27.4. The van der Waals surface area contributed by atoms with Crippen LogP contribution in [-0.4, -0.2) is 98.3 Å². The Morgan fingerprint density at radius 2 is 1.00 bits per heavy atom. The average molecular weight is 829 g/mol. The van der Waals surface area contributed by atoms with Crippen LogP contribution in [0.5, 0.6) is 0 Å². The van der Waals surface area contributed by atoms with Crippen LogP contribution >= 0.6 is 7.82 Å². The van der Waals surface area contributed by atoms with Gasteiger partial charge in [-0.15, -0.1) is 0 Å². The molecule has 0 heterocycles. The number of rotatable bonds is 33. The van der Waals surface area contributed by atoms with Gasteiger partial charge < -0.3 is 39.9 Å². The second-order valence-electron chi connectivity index (χ2n) is 14.5. The molecule has 0 bridgehead atoms. The Hall–Kier alpha value is -2.45. The quantitative estimate of drug-likeness (QED) is 0.0165. The molecule has 1 fully saturated rings. The van der Waals surface area contributed by atoms with Gasteiger partial charge in [0, 0.05) is 12.8 Å². The monoisotopic (exact) mass is 828 g/mol. The SMILES string of the molecule is CC/C=C\C/C=C\C/C=C\CCCCCC(=O)OC(COC(=O)CCCCCCC/C=C\C/C=C\CCCCC)COP(=O)(O)OC1C(O)C(O)C(O)C(O)C1O. The van der Waals surface area contributed by atoms with E-state index in [1.54, 1.807) is 0 Å². The summed E-state index contributed by atoms with van der Waals surface area (Å²) in [5.41, 5.74) is 0. The highest BCUT2D eigenvalue weighted by atomic mass is 31.2. The molecule has 14 heteroatoms. The van der Waals surface area contributed by atoms with Crippen molar-refractivity contribution in [3.8, 4) is 0 Å². The lowest BCUT2D eigenvalue weighted by molar-refractivity contribution is -0.220. The van der Waals surface area contributed by atoms with E-state index in [0.29, 0.717) is 12.8 Å². The third kappa shape index (κ3) is 26.3. The largest absolute Gasteiger partial charge is 0.472 e. The molecular weight excluding hydrogens is 755 g/mol. The van der Waals surface area contributed by atoms with Crippen molar-refractivity contribution in [2.75, 3.05) is 13.2 Å². The van der Waals surface area contributed by atoms with E-state index in [-0.39, 0.29) is 12.8 Å². The van der Waals surface area contributed by atoms with E-state index in [1.807, 2.05) is 0 Å². The highest BCUT2D eigenvalue weighted by Gasteiger charge is 2.51. The molecule has 13 nitrogen and oxygen atoms in total. The minimum absolute atomic E-state index is 0.0555. The summed E-state index contributed by atoms with van der Waals surface area (Å²) in [7, 11) is -5.13. The number of unbranched alkanes of at least 4 members (excludes halogenated alkanes) is 11. The molecule has 1 rings (SSSR count). The Morgan fingerprint density at radius 1 is 0.561 bits per heavy atom. The van der Waals surface area contributed by atoms with Crippen LogP contribution in [0.15, 0.2) is 60.8 Å². The van der Waals surface area contributed by atoms with Crippen molar-refractivity contribution >= 4 is 19.8 Å². The zero-order valence-corrected chi connectivity index (χ0v) is 35.3. The van der Waals surface area contributed by atoms with Crippen LogP contribution in [0, 0.1) is 0 Å². The van der Waals surface area contributed by atoms with Crippen molar-refractivity contribution < 1.29 is 63.1 Å². The molecule has 0 amide bonds. The first-order valence-electron chi connectivity index (χ1n) is 21.1. The molecule has 0 aromatic heterocycles. The Labute approximate surface area is 341 Å². The Bertz CT molecular complexity index is 1230. The van der Waals surface area contributed by atoms with E-state index < -0.39 is 75.7 Å². The van der Waals surface area contributed by atoms with Crippen molar-refractivity contribution in [3.05, 3.63) is 60.8 Å². The number of aliphatic hydroxyl groups is 5. The lowest BCUT2D eigenvalue weighted by atomic mass is 9.85. The number of hydrogen-bond donors (Lipinski definition) is 6. The minimum atomic E-state index is -5.13. The lowest BCUT2D eigenvalue weighted by Gasteiger charge is -2.41. The maximum atomic E-state index is 12.8. The first kappa shape index (κ1) is 52.6. The maximum Gasteiger partial charge on any atom is 0.472 e. The van der Waals surface area contributed by atoms with Gasteiger partial charge in [0.1, 0.15) is 43.2 Å². The number of hydrogen-bond acceptors (Lipinski definition) is 12. The van der Waals surface area contributed by atoms with Gasteiger partial charge in [-0.3, -0.25) is 18.6 Å². The summed E-state index contributed by atoms with van der Waals surface area (Å²) in [5.74, 6) is -1.16. The molecule has 328 valence electrons. The van der Waals surface area contributed by atoms with Gasteiger partial charge in [-0.05, 0) is 77.0 Å². The second kappa shape index (κ2) is 33.4. The number of ether oxygens (including phenoxy) is 2. The molecule has 6 atom stereocenters. The molecule has 0 aromatic carbocycles. The average Bonchev–Trinajstić information content (AvgIpc) is 3.19. The zero-order chi connectivity index (χ0) is 42.2. The van der Waals surface area contributed by atoms with Crippen LogP contribution in [0.4, 0.5) is 0 Å². The van der Waals surface area contributed by atoms with Crippen LogP contribution in [0.2, 0.25) is 0 Å². The van der Waals surface area contributed by atoms with Gasteiger partial charge >= 0.3 is 19.8 Å². The fourth-order valence-corrected chi connectivity index (χ4v) is 6.89. The molecule has 6 unspecified atom stereocenters. The fraction of sp³-hybridized carbons (Fsp3) is 0.721. The van der Waals surface area contributed by atoms with Gasteiger partial charge in [0.05, 0.1) is 6.61 Å². The van der Waals surface area contributed by atoms with Crippen LogP contribution in [-0.2, 0) is 32.7 Å². The van der Waals surface area contributed by atoms with Crippen molar-refractivity contribution in [1.29, 1.82) is 0 Å². The normalized spacial score (nSPS) is 23.3. The molecular formula is C43H73O13P. The van der Waals surface area contributed by atoms with Crippen LogP contribution in [0.25, 0.3) is 0 Å². The highest BCUT2D eigenvalue weighted by Crippen LogP contribution is 2.47. The van der Waals surface area contributed by atoms with Crippen molar-refractivity contribution in [1.82, 2.24) is 0 Å². The zero-order valence-electron chi connectivity index (χ0n) is 34.4. The van der Waals surface area contributed by atoms with E-state index in [0.717, 1.165) is 83.5 Å². The predicted molar refractivity (Wildman–Crippen MR) is 221 cm³/mol. The van der Waals surface area contributed by atoms with Crippen LogP contribution in [0.1, 0.15) is 142 Å². The molecule has 0 aliphatic heterocycles. The summed E-state index contributed by atoms with van der Waals surface area (Å²) in [4.78, 5) is 35.6. The third-order valence-electron chi connectivity index (χ3n) is 9.34. The number of esters is 2. The Kier molecular flexibility index (Phi) is 30.8. The van der Waals surface area contributed by atoms with E-state index in [4.69, 9.17) is 18.5 Å². The Morgan fingerprint density at radius 3 is 1.54 bits per heavy atom. The molecule has 1 aliphatic rings. The standard InChI is InChI=1S/C43H73O13P/c1-3-5-7-9-11-13-15-17-18-20-21-23-25-27-29-31-36(44)53-33-35(34-54-57(51,52)56-43-41(49)39(47)38(46)40(48)42(43)50)55-37(45)32-30-28-26-24-22-19-16-14-12-10-8-6-4-2/h6,8,11-14,17-19,22,35,38-43,46-50H,3-5,7,9-10,15-16,20-21,23-34H2,1-2H3,(H,51,52)/b8-6-,13-11-,14-12-,18-17-,22-19-. The first-order valence-corrected chi connectivity index (χ1v) is 22.6. The van der Waals surface area contributed by atoms with Crippen molar-refractivity contribution in [3.63, 3.8) is 0 Å². The molecule has 6 N–H and O–H groups in total. The van der Waals surface area contributed by atoms with Gasteiger partial charge in [-0.25, -0.2) is 4.57 Å². The highest BCUT2D eigenvalue weighted by molar-refractivity contribution is 7.47. The van der Waals surface area contributed by atoms with Crippen molar-refractivity contribution in [2.24, 2.45) is 0 Å². The molecule has 1 aliphatic carbocycles. The number of phosphoric acid groups is 1. The number of allylic oxidation sites excluding steroid dienone is 10. The maximum absolute atomic E-state index is 12.8. The smallest absolute Gasteiger partial charge is 0.462 e. The number of phosphoric ester groups is 1. The Balaban J connectivity index is 2.54. The number of carbonyl (C=O) groups excluding carboxylic acids is 2. The second-order valence-corrected chi connectivity index (χ2v) is 15.9. The van der Waals surface area contributed by atoms with Gasteiger partial charge in [-0.1, -0.05) is 113 Å². The van der Waals surface area contributed by atoms with Gasteiger partial charge in [0.15, 0.2) is 6.10 Å². The summed E-state index contributed by atoms with van der Waals surface area (Å²) in [6, 6.07) is 0. The molecule has 0 radical (unpaired) electrons. The van der Waals surface area contributed by atoms with Crippen LogP contribution < -0.4 is 0 Å². The van der Waals surface area contributed by atoms with E-state index >= 15 is 0 Å². The van der Waals surface area contributed by atoms with Gasteiger partial charge in [0.25, 0.3) is 0 Å². The molecule has 0 spiro atoms. The molecule has 0 saturated heterocycles. The third-order valence-corrected chi connectivity index (χ3v) is 10.3. The molecule has 1 saturated carbocycles. The topological polar surface area (TPSA) is 210 Å². The summed E-state index contributed by atoms with van der Waals surface area (Å²) >= 11 is 0. The molecule has 0 aromatic rings. The van der Waals surface area contributed by atoms with Crippen molar-refractivity contribution in [2.45, 2.75) is 185 Å². The molecule has 57 heavy (non-hydrogen) atoms. The minimum Gasteiger partial charge on any atom is -0.462 e. The lowest BCUT2D eigenvalue weighted by Crippen LogP contribution is -2.64. The van der Waals surface area contributed by atoms with E-state index in [2.05, 4.69) is 74.6 Å². The summed E-state index contributed by atoms with van der Waals surface area (Å²) < 4.78 is 33.4. The number of aliphatic hydroxyl groups excluding tert-OH is 5. The fourth-order valence-electron chi connectivity index (χ4n) is 5.92. The van der Waals surface area contributed by atoms with Gasteiger partial charge in [0.2, 0.25) is 0 Å². The summed E-state index contributed by atoms with van der Waals surface area (Å²) in [6.45, 7) is 3.09. The summed E-state index contributed by atoms with van der Waals surface area (Å²) in [5, 5.41) is 50.0. The van der Waals surface area contributed by atoms with Gasteiger partial charge in [-0.2, -0.15) is 0 Å². The number of carbonyl (C=O) groups is 2. The predicted octanol–water partition coefficient (Wildman–Crippen LogP) is 7.38. The van der Waals surface area contributed by atoms with E-state index in [9.17, 15) is 44.6 Å². The van der Waals surface area contributed by atoms with E-state index in [1.165, 1.54) is 19.3 Å². The van der Waals surface area contributed by atoms with Crippen LogP contribution in [0.3, 0.4) is 0 Å².